The van der Waals surface area contributed by atoms with Crippen molar-refractivity contribution in [1.29, 1.82) is 0 Å². The highest BCUT2D eigenvalue weighted by atomic mass is 32.2. The van der Waals surface area contributed by atoms with Gasteiger partial charge in [-0.3, -0.25) is 4.79 Å². The smallest absolute Gasteiger partial charge is 0.306 e. The molecule has 21 heavy (non-hydrogen) atoms. The third-order valence-corrected chi connectivity index (χ3v) is 5.50. The third-order valence-electron chi connectivity index (χ3n) is 2.85. The van der Waals surface area contributed by atoms with Crippen LogP contribution < -0.4 is 5.32 Å². The van der Waals surface area contributed by atoms with Crippen molar-refractivity contribution in [1.82, 2.24) is 10.3 Å². The van der Waals surface area contributed by atoms with Gasteiger partial charge >= 0.3 is 5.97 Å². The van der Waals surface area contributed by atoms with Gasteiger partial charge in [-0.1, -0.05) is 25.7 Å². The van der Waals surface area contributed by atoms with Crippen LogP contribution in [0.25, 0.3) is 0 Å². The average Bonchev–Trinajstić information content (AvgIpc) is 2.39. The maximum atomic E-state index is 11.6. The molecule has 4 nitrogen and oxygen atoms in total. The van der Waals surface area contributed by atoms with E-state index in [9.17, 15) is 4.79 Å². The highest BCUT2D eigenvalue weighted by Gasteiger charge is 2.13. The number of pyridine rings is 1. The molecule has 1 N–H and O–H groups in total. The van der Waals surface area contributed by atoms with Gasteiger partial charge in [0.1, 0.15) is 0 Å². The zero-order valence-corrected chi connectivity index (χ0v) is 15.3. The van der Waals surface area contributed by atoms with Gasteiger partial charge in [-0.25, -0.2) is 4.98 Å². The second-order valence-electron chi connectivity index (χ2n) is 6.16. The lowest BCUT2D eigenvalue weighted by molar-refractivity contribution is -0.142. The molecule has 0 spiro atoms. The molecule has 6 heteroatoms. The van der Waals surface area contributed by atoms with Gasteiger partial charge in [-0.15, -0.1) is 11.8 Å². The zero-order valence-electron chi connectivity index (χ0n) is 13.4. The highest BCUT2D eigenvalue weighted by molar-refractivity contribution is 7.99. The molecule has 118 valence electrons. The minimum atomic E-state index is -1.12. The van der Waals surface area contributed by atoms with Crippen LogP contribution >= 0.6 is 11.8 Å². The number of aromatic nitrogens is 1. The van der Waals surface area contributed by atoms with Crippen molar-refractivity contribution in [3.05, 3.63) is 23.9 Å². The lowest BCUT2D eigenvalue weighted by Gasteiger charge is -2.15. The van der Waals surface area contributed by atoms with Crippen molar-refractivity contribution in [3.63, 3.8) is 0 Å². The number of carbonyl (C=O) groups excluding carboxylic acids is 1. The van der Waals surface area contributed by atoms with E-state index < -0.39 is 8.07 Å². The quantitative estimate of drug-likeness (QED) is 0.429. The molecule has 0 aliphatic heterocycles. The first-order valence-electron chi connectivity index (χ1n) is 7.29. The molecule has 1 aromatic rings. The molecule has 0 aliphatic rings. The number of hydrogen-bond donors (Lipinski definition) is 1. The van der Waals surface area contributed by atoms with Crippen molar-refractivity contribution in [3.8, 4) is 0 Å². The fourth-order valence-corrected chi connectivity index (χ4v) is 3.07. The van der Waals surface area contributed by atoms with E-state index in [0.717, 1.165) is 23.2 Å². The lowest BCUT2D eigenvalue weighted by atomic mass is 10.3. The van der Waals surface area contributed by atoms with Crippen LogP contribution in [0.3, 0.4) is 0 Å². The van der Waals surface area contributed by atoms with Crippen LogP contribution in [0.15, 0.2) is 23.4 Å². The van der Waals surface area contributed by atoms with Crippen molar-refractivity contribution in [2.24, 2.45) is 0 Å². The Balaban J connectivity index is 2.19. The number of nitrogens with zero attached hydrogens (tertiary/aromatic N) is 1. The Morgan fingerprint density at radius 2 is 2.14 bits per heavy atom. The Hall–Kier alpha value is -0.853. The number of thioether (sulfide) groups is 1. The van der Waals surface area contributed by atoms with Gasteiger partial charge < -0.3 is 10.1 Å². The predicted octanol–water partition coefficient (Wildman–Crippen LogP) is 3.16. The predicted molar refractivity (Wildman–Crippen MR) is 91.5 cm³/mol. The van der Waals surface area contributed by atoms with Crippen LogP contribution in [-0.2, 0) is 16.1 Å². The number of carbonyl (C=O) groups is 1. The summed E-state index contributed by atoms with van der Waals surface area (Å²) in [7, 11) is 0.795. The van der Waals surface area contributed by atoms with Crippen molar-refractivity contribution < 1.29 is 9.53 Å². The molecule has 0 aromatic carbocycles. The Kier molecular flexibility index (Phi) is 7.99. The van der Waals surface area contributed by atoms with E-state index in [1.807, 2.05) is 19.3 Å². The van der Waals surface area contributed by atoms with E-state index in [1.54, 1.807) is 11.8 Å². The molecule has 0 aliphatic carbocycles. The van der Waals surface area contributed by atoms with Crippen LogP contribution in [0.2, 0.25) is 25.7 Å². The summed E-state index contributed by atoms with van der Waals surface area (Å²) >= 11 is 1.59. The largest absolute Gasteiger partial charge is 0.466 e. The molecule has 0 radical (unpaired) electrons. The molecule has 0 unspecified atom stereocenters. The van der Waals surface area contributed by atoms with E-state index in [1.165, 1.54) is 0 Å². The van der Waals surface area contributed by atoms with Gasteiger partial charge in [-0.2, -0.15) is 0 Å². The summed E-state index contributed by atoms with van der Waals surface area (Å²) in [6, 6.07) is 5.08. The van der Waals surface area contributed by atoms with Crippen molar-refractivity contribution in [2.75, 3.05) is 19.4 Å². The van der Waals surface area contributed by atoms with E-state index >= 15 is 0 Å². The Morgan fingerprint density at radius 1 is 1.38 bits per heavy atom. The van der Waals surface area contributed by atoms with E-state index in [-0.39, 0.29) is 5.97 Å². The minimum absolute atomic E-state index is 0.104. The van der Waals surface area contributed by atoms with E-state index in [0.29, 0.717) is 18.8 Å². The van der Waals surface area contributed by atoms with Crippen LogP contribution in [0.4, 0.5) is 0 Å². The van der Waals surface area contributed by atoms with Crippen LogP contribution in [0.5, 0.6) is 0 Å². The molecule has 1 rings (SSSR count). The summed E-state index contributed by atoms with van der Waals surface area (Å²) in [5.41, 5.74) is 1.16. The van der Waals surface area contributed by atoms with Crippen LogP contribution in [-0.4, -0.2) is 38.4 Å². The normalized spacial score (nSPS) is 11.4. The Bertz CT molecular complexity index is 432. The molecule has 0 amide bonds. The van der Waals surface area contributed by atoms with Gasteiger partial charge in [0.15, 0.2) is 0 Å². The van der Waals surface area contributed by atoms with Crippen LogP contribution in [0, 0.1) is 0 Å². The number of nitrogens with one attached hydrogen (secondary N) is 1. The van der Waals surface area contributed by atoms with E-state index in [4.69, 9.17) is 4.74 Å². The Morgan fingerprint density at radius 3 is 2.71 bits per heavy atom. The monoisotopic (exact) mass is 326 g/mol. The first kappa shape index (κ1) is 18.2. The summed E-state index contributed by atoms with van der Waals surface area (Å²) in [5.74, 6) is 0.608. The minimum Gasteiger partial charge on any atom is -0.466 e. The first-order valence-corrected chi connectivity index (χ1v) is 12.0. The molecule has 0 bridgehead atoms. The van der Waals surface area contributed by atoms with Gasteiger partial charge in [-0.05, 0) is 24.7 Å². The summed E-state index contributed by atoms with van der Waals surface area (Å²) in [4.78, 5) is 16.0. The molecule has 0 saturated carbocycles. The molecule has 1 heterocycles. The third kappa shape index (κ3) is 8.90. The number of esters is 1. The second kappa shape index (κ2) is 9.22. The summed E-state index contributed by atoms with van der Waals surface area (Å²) < 4.78 is 5.26. The Labute approximate surface area is 133 Å². The van der Waals surface area contributed by atoms with Crippen molar-refractivity contribution >= 4 is 25.8 Å². The summed E-state index contributed by atoms with van der Waals surface area (Å²) in [5, 5.41) is 4.04. The number of hydrogen-bond acceptors (Lipinski definition) is 5. The molecule has 0 fully saturated rings. The first-order chi connectivity index (χ1) is 9.90. The molecule has 1 aromatic heterocycles. The molecule has 0 saturated heterocycles. The van der Waals surface area contributed by atoms with Gasteiger partial charge in [0.05, 0.1) is 18.1 Å². The fourth-order valence-electron chi connectivity index (χ4n) is 1.59. The average molecular weight is 327 g/mol. The van der Waals surface area contributed by atoms with Crippen molar-refractivity contribution in [2.45, 2.75) is 43.7 Å². The standard InChI is InChI=1S/C15H26N2O2SSi/c1-16-11-13-5-6-14(17-12-13)20-9-7-15(18)19-8-10-21(2,3)4/h5-6,12,16H,7-11H2,1-4H3. The van der Waals surface area contributed by atoms with Gasteiger partial charge in [0.2, 0.25) is 0 Å². The topological polar surface area (TPSA) is 51.2 Å². The lowest BCUT2D eigenvalue weighted by Crippen LogP contribution is -2.22. The highest BCUT2D eigenvalue weighted by Crippen LogP contribution is 2.16. The summed E-state index contributed by atoms with van der Waals surface area (Å²) in [6.07, 6.45) is 2.31. The maximum absolute atomic E-state index is 11.6. The van der Waals surface area contributed by atoms with Crippen LogP contribution in [0.1, 0.15) is 12.0 Å². The van der Waals surface area contributed by atoms with E-state index in [2.05, 4.69) is 36.0 Å². The number of rotatable bonds is 9. The molecule has 0 atom stereocenters. The summed E-state index contributed by atoms with van der Waals surface area (Å²) in [6.45, 7) is 8.22. The number of ether oxygens (including phenoxy) is 1. The maximum Gasteiger partial charge on any atom is 0.306 e. The fraction of sp³-hybridized carbons (Fsp3) is 0.600. The SMILES string of the molecule is CNCc1ccc(SCCC(=O)OCC[Si](C)(C)C)nc1. The van der Waals surface area contributed by atoms with Gasteiger partial charge in [0, 0.05) is 26.6 Å². The molecular formula is C15H26N2O2SSi. The second-order valence-corrected chi connectivity index (χ2v) is 12.9. The zero-order chi connectivity index (χ0) is 15.7. The molecular weight excluding hydrogens is 300 g/mol. The van der Waals surface area contributed by atoms with Gasteiger partial charge in [0.25, 0.3) is 0 Å².